The van der Waals surface area contributed by atoms with Crippen molar-refractivity contribution in [1.29, 1.82) is 0 Å². The highest BCUT2D eigenvalue weighted by atomic mass is 32.1. The first-order chi connectivity index (χ1) is 9.72. The number of hydrogen-bond acceptors (Lipinski definition) is 3. The van der Waals surface area contributed by atoms with Crippen LogP contribution < -0.4 is 5.32 Å². The summed E-state index contributed by atoms with van der Waals surface area (Å²) in [6.07, 6.45) is 0. The van der Waals surface area contributed by atoms with Crippen LogP contribution in [0.15, 0.2) is 47.2 Å². The van der Waals surface area contributed by atoms with Gasteiger partial charge in [-0.15, -0.1) is 0 Å². The molecule has 1 atom stereocenters. The third-order valence-electron chi connectivity index (χ3n) is 3.55. The number of rotatable bonds is 4. The molecular weight excluding hydrogens is 264 g/mol. The zero-order chi connectivity index (χ0) is 13.9. The van der Waals surface area contributed by atoms with Crippen molar-refractivity contribution in [2.75, 3.05) is 0 Å². The minimum Gasteiger partial charge on any atom is -0.306 e. The van der Waals surface area contributed by atoms with E-state index in [9.17, 15) is 0 Å². The number of aromatic nitrogens is 1. The van der Waals surface area contributed by atoms with Gasteiger partial charge in [0.15, 0.2) is 0 Å². The summed E-state index contributed by atoms with van der Waals surface area (Å²) < 4.78 is 0. The van der Waals surface area contributed by atoms with E-state index >= 15 is 0 Å². The molecule has 102 valence electrons. The third kappa shape index (κ3) is 2.89. The van der Waals surface area contributed by atoms with Crippen LogP contribution in [0.25, 0.3) is 10.9 Å². The topological polar surface area (TPSA) is 24.9 Å². The maximum Gasteiger partial charge on any atom is 0.0705 e. The Bertz CT molecular complexity index is 704. The summed E-state index contributed by atoms with van der Waals surface area (Å²) in [5.74, 6) is 0. The third-order valence-corrected chi connectivity index (χ3v) is 4.25. The lowest BCUT2D eigenvalue weighted by atomic mass is 10.1. The fraction of sp³-hybridized carbons (Fsp3) is 0.235. The number of nitrogens with one attached hydrogen (secondary N) is 1. The first-order valence-corrected chi connectivity index (χ1v) is 7.78. The summed E-state index contributed by atoms with van der Waals surface area (Å²) in [5.41, 5.74) is 4.78. The molecule has 3 heteroatoms. The predicted molar refractivity (Wildman–Crippen MR) is 86.1 cm³/mol. The Kier molecular flexibility index (Phi) is 3.81. The Hall–Kier alpha value is -1.71. The summed E-state index contributed by atoms with van der Waals surface area (Å²) in [4.78, 5) is 4.53. The van der Waals surface area contributed by atoms with E-state index in [4.69, 9.17) is 0 Å². The molecule has 0 aliphatic heterocycles. The molecule has 1 unspecified atom stereocenters. The normalized spacial score (nSPS) is 12.7. The van der Waals surface area contributed by atoms with Crippen LogP contribution in [0.1, 0.15) is 29.8 Å². The van der Waals surface area contributed by atoms with Crippen molar-refractivity contribution in [2.45, 2.75) is 26.4 Å². The molecule has 3 rings (SSSR count). The molecule has 0 fully saturated rings. The van der Waals surface area contributed by atoms with Gasteiger partial charge in [-0.1, -0.05) is 12.1 Å². The van der Waals surface area contributed by atoms with Gasteiger partial charge in [-0.2, -0.15) is 11.3 Å². The molecule has 0 bridgehead atoms. The number of pyridine rings is 1. The molecule has 0 radical (unpaired) electrons. The molecule has 0 aliphatic rings. The van der Waals surface area contributed by atoms with Crippen molar-refractivity contribution in [2.24, 2.45) is 0 Å². The van der Waals surface area contributed by atoms with Gasteiger partial charge in [0.2, 0.25) is 0 Å². The van der Waals surface area contributed by atoms with E-state index in [2.05, 4.69) is 64.4 Å². The molecule has 2 aromatic heterocycles. The highest BCUT2D eigenvalue weighted by Gasteiger charge is 2.05. The zero-order valence-electron chi connectivity index (χ0n) is 11.8. The average Bonchev–Trinajstić information content (AvgIpc) is 2.99. The summed E-state index contributed by atoms with van der Waals surface area (Å²) in [6, 6.07) is 13.2. The van der Waals surface area contributed by atoms with E-state index in [1.807, 2.05) is 6.92 Å². The number of fused-ring (bicyclic) bond motifs is 1. The summed E-state index contributed by atoms with van der Waals surface area (Å²) in [6.45, 7) is 5.10. The second-order valence-electron chi connectivity index (χ2n) is 5.14. The molecule has 0 amide bonds. The lowest BCUT2D eigenvalue weighted by Crippen LogP contribution is -2.17. The molecule has 3 aromatic rings. The standard InChI is InChI=1S/C17H18N2S/c1-12-3-5-15-9-14(4-6-17(15)19-12)10-18-13(2)16-7-8-20-11-16/h3-9,11,13,18H,10H2,1-2H3. The first-order valence-electron chi connectivity index (χ1n) is 6.84. The van der Waals surface area contributed by atoms with Crippen molar-refractivity contribution in [3.05, 3.63) is 64.0 Å². The summed E-state index contributed by atoms with van der Waals surface area (Å²) in [7, 11) is 0. The highest BCUT2D eigenvalue weighted by molar-refractivity contribution is 7.07. The van der Waals surface area contributed by atoms with E-state index in [1.165, 1.54) is 16.5 Å². The van der Waals surface area contributed by atoms with Crippen LogP contribution in [-0.4, -0.2) is 4.98 Å². The van der Waals surface area contributed by atoms with Gasteiger partial charge in [-0.3, -0.25) is 4.98 Å². The molecule has 1 aromatic carbocycles. The highest BCUT2D eigenvalue weighted by Crippen LogP contribution is 2.18. The summed E-state index contributed by atoms with van der Waals surface area (Å²) in [5, 5.41) is 9.09. The van der Waals surface area contributed by atoms with Gasteiger partial charge in [0.25, 0.3) is 0 Å². The number of nitrogens with zero attached hydrogens (tertiary/aromatic N) is 1. The van der Waals surface area contributed by atoms with E-state index in [0.717, 1.165) is 17.8 Å². The Labute approximate surface area is 123 Å². The Morgan fingerprint density at radius 3 is 2.90 bits per heavy atom. The molecule has 2 nitrogen and oxygen atoms in total. The number of benzene rings is 1. The maximum absolute atomic E-state index is 4.53. The van der Waals surface area contributed by atoms with Crippen molar-refractivity contribution in [1.82, 2.24) is 10.3 Å². The van der Waals surface area contributed by atoms with Gasteiger partial charge in [-0.05, 0) is 60.0 Å². The van der Waals surface area contributed by atoms with E-state index in [-0.39, 0.29) is 0 Å². The molecule has 0 saturated carbocycles. The van der Waals surface area contributed by atoms with Gasteiger partial charge >= 0.3 is 0 Å². The minimum atomic E-state index is 0.382. The Morgan fingerprint density at radius 2 is 2.10 bits per heavy atom. The van der Waals surface area contributed by atoms with Crippen LogP contribution in [0.5, 0.6) is 0 Å². The van der Waals surface area contributed by atoms with Gasteiger partial charge in [0.05, 0.1) is 5.52 Å². The molecule has 1 N–H and O–H groups in total. The van der Waals surface area contributed by atoms with E-state index in [0.29, 0.717) is 6.04 Å². The van der Waals surface area contributed by atoms with Crippen molar-refractivity contribution < 1.29 is 0 Å². The quantitative estimate of drug-likeness (QED) is 0.764. The molecule has 20 heavy (non-hydrogen) atoms. The Morgan fingerprint density at radius 1 is 1.20 bits per heavy atom. The van der Waals surface area contributed by atoms with Gasteiger partial charge in [0, 0.05) is 23.7 Å². The number of aryl methyl sites for hydroxylation is 1. The van der Waals surface area contributed by atoms with Crippen LogP contribution in [-0.2, 0) is 6.54 Å². The van der Waals surface area contributed by atoms with E-state index < -0.39 is 0 Å². The largest absolute Gasteiger partial charge is 0.306 e. The van der Waals surface area contributed by atoms with Crippen LogP contribution >= 0.6 is 11.3 Å². The molecule has 0 saturated heterocycles. The van der Waals surface area contributed by atoms with Crippen LogP contribution in [0.4, 0.5) is 0 Å². The second-order valence-corrected chi connectivity index (χ2v) is 5.92. The van der Waals surface area contributed by atoms with Crippen molar-refractivity contribution in [3.63, 3.8) is 0 Å². The molecule has 2 heterocycles. The van der Waals surface area contributed by atoms with Crippen LogP contribution in [0.3, 0.4) is 0 Å². The monoisotopic (exact) mass is 282 g/mol. The summed E-state index contributed by atoms with van der Waals surface area (Å²) >= 11 is 1.74. The van der Waals surface area contributed by atoms with Gasteiger partial charge in [0.1, 0.15) is 0 Å². The van der Waals surface area contributed by atoms with Crippen LogP contribution in [0.2, 0.25) is 0 Å². The smallest absolute Gasteiger partial charge is 0.0705 e. The SMILES string of the molecule is Cc1ccc2cc(CNC(C)c3ccsc3)ccc2n1. The number of thiophene rings is 1. The fourth-order valence-corrected chi connectivity index (χ4v) is 3.05. The van der Waals surface area contributed by atoms with Crippen molar-refractivity contribution in [3.8, 4) is 0 Å². The Balaban J connectivity index is 1.73. The van der Waals surface area contributed by atoms with Gasteiger partial charge in [-0.25, -0.2) is 0 Å². The van der Waals surface area contributed by atoms with Crippen LogP contribution in [0, 0.1) is 6.92 Å². The maximum atomic E-state index is 4.53. The van der Waals surface area contributed by atoms with Gasteiger partial charge < -0.3 is 5.32 Å². The predicted octanol–water partition coefficient (Wildman–Crippen LogP) is 4.46. The molecule has 0 aliphatic carbocycles. The molecule has 0 spiro atoms. The lowest BCUT2D eigenvalue weighted by molar-refractivity contribution is 0.576. The zero-order valence-corrected chi connectivity index (χ0v) is 12.6. The molecular formula is C17H18N2S. The number of hydrogen-bond donors (Lipinski definition) is 1. The lowest BCUT2D eigenvalue weighted by Gasteiger charge is -2.13. The van der Waals surface area contributed by atoms with Crippen molar-refractivity contribution >= 4 is 22.2 Å². The average molecular weight is 282 g/mol. The second kappa shape index (κ2) is 5.73. The van der Waals surface area contributed by atoms with E-state index in [1.54, 1.807) is 11.3 Å². The minimum absolute atomic E-state index is 0.382. The fourth-order valence-electron chi connectivity index (χ4n) is 2.30. The first kappa shape index (κ1) is 13.3.